The summed E-state index contributed by atoms with van der Waals surface area (Å²) in [6, 6.07) is 0. The average Bonchev–Trinajstić information content (AvgIpc) is 2.78. The van der Waals surface area contributed by atoms with Crippen molar-refractivity contribution in [1.29, 1.82) is 0 Å². The summed E-state index contributed by atoms with van der Waals surface area (Å²) in [5.74, 6) is 1.17. The van der Waals surface area contributed by atoms with Crippen LogP contribution in [0.1, 0.15) is 32.6 Å². The summed E-state index contributed by atoms with van der Waals surface area (Å²) in [6.07, 6.45) is 7.90. The van der Waals surface area contributed by atoms with E-state index in [0.717, 1.165) is 5.57 Å². The molecule has 1 aromatic rings. The number of hydrogen-bond donors (Lipinski definition) is 0. The Labute approximate surface area is 101 Å². The molecule has 1 aromatic heterocycles. The predicted molar refractivity (Wildman–Crippen MR) is 66.1 cm³/mol. The Morgan fingerprint density at radius 3 is 2.50 bits per heavy atom. The third-order valence-corrected chi connectivity index (χ3v) is 2.35. The predicted octanol–water partition coefficient (Wildman–Crippen LogP) is 3.73. The summed E-state index contributed by atoms with van der Waals surface area (Å²) < 4.78 is 5.36. The first-order chi connectivity index (χ1) is 7.71. The molecule has 0 aliphatic heterocycles. The molecule has 16 heavy (non-hydrogen) atoms. The SMILES string of the molecule is C\C=C(C)/C=C\C(=C/C)c1nnc(CCl)o1. The lowest BCUT2D eigenvalue weighted by molar-refractivity contribution is 0.502. The van der Waals surface area contributed by atoms with Crippen molar-refractivity contribution in [2.45, 2.75) is 26.7 Å². The molecule has 1 heterocycles. The Hall–Kier alpha value is -1.35. The lowest BCUT2D eigenvalue weighted by Crippen LogP contribution is -1.80. The van der Waals surface area contributed by atoms with Gasteiger partial charge in [-0.15, -0.1) is 21.8 Å². The lowest BCUT2D eigenvalue weighted by atomic mass is 10.2. The van der Waals surface area contributed by atoms with Gasteiger partial charge in [0.25, 0.3) is 0 Å². The van der Waals surface area contributed by atoms with Gasteiger partial charge in [0.2, 0.25) is 11.8 Å². The molecule has 0 N–H and O–H groups in total. The van der Waals surface area contributed by atoms with Gasteiger partial charge in [0.1, 0.15) is 5.88 Å². The van der Waals surface area contributed by atoms with Gasteiger partial charge in [0, 0.05) is 5.57 Å². The molecule has 3 nitrogen and oxygen atoms in total. The molecular formula is C12H15ClN2O. The fourth-order valence-electron chi connectivity index (χ4n) is 1.03. The maximum Gasteiger partial charge on any atom is 0.247 e. The molecule has 0 saturated carbocycles. The highest BCUT2D eigenvalue weighted by Gasteiger charge is 2.06. The van der Waals surface area contributed by atoms with Crippen molar-refractivity contribution in [3.8, 4) is 0 Å². The fourth-order valence-corrected chi connectivity index (χ4v) is 1.14. The Kier molecular flexibility index (Phi) is 4.99. The van der Waals surface area contributed by atoms with Gasteiger partial charge in [-0.1, -0.05) is 23.8 Å². The van der Waals surface area contributed by atoms with Crippen molar-refractivity contribution in [2.75, 3.05) is 0 Å². The second kappa shape index (κ2) is 6.28. The first-order valence-electron chi connectivity index (χ1n) is 5.07. The van der Waals surface area contributed by atoms with Gasteiger partial charge in [-0.25, -0.2) is 0 Å². The molecule has 0 amide bonds. The zero-order chi connectivity index (χ0) is 12.0. The van der Waals surface area contributed by atoms with Gasteiger partial charge in [-0.3, -0.25) is 0 Å². The minimum absolute atomic E-state index is 0.238. The topological polar surface area (TPSA) is 38.9 Å². The summed E-state index contributed by atoms with van der Waals surface area (Å²) in [4.78, 5) is 0. The number of alkyl halides is 1. The highest BCUT2D eigenvalue weighted by molar-refractivity contribution is 6.16. The van der Waals surface area contributed by atoms with Crippen molar-refractivity contribution in [3.05, 3.63) is 41.7 Å². The van der Waals surface area contributed by atoms with E-state index in [9.17, 15) is 0 Å². The molecule has 0 aliphatic carbocycles. The molecule has 0 fully saturated rings. The average molecular weight is 239 g/mol. The zero-order valence-corrected chi connectivity index (χ0v) is 10.5. The van der Waals surface area contributed by atoms with Crippen LogP contribution in [0, 0.1) is 0 Å². The van der Waals surface area contributed by atoms with Gasteiger partial charge in [0.15, 0.2) is 0 Å². The van der Waals surface area contributed by atoms with E-state index in [-0.39, 0.29) is 5.88 Å². The van der Waals surface area contributed by atoms with Crippen LogP contribution in [-0.4, -0.2) is 10.2 Å². The van der Waals surface area contributed by atoms with Crippen molar-refractivity contribution in [2.24, 2.45) is 0 Å². The van der Waals surface area contributed by atoms with E-state index in [4.69, 9.17) is 16.0 Å². The van der Waals surface area contributed by atoms with Gasteiger partial charge < -0.3 is 4.42 Å². The normalized spacial score (nSPS) is 13.8. The molecular weight excluding hydrogens is 224 g/mol. The highest BCUT2D eigenvalue weighted by atomic mass is 35.5. The standard InChI is InChI=1S/C12H15ClN2O/c1-4-9(3)6-7-10(5-2)12-15-14-11(8-13)16-12/h4-7H,8H2,1-3H3/b7-6-,9-4-,10-5+. The second-order valence-electron chi connectivity index (χ2n) is 3.24. The van der Waals surface area contributed by atoms with Crippen LogP contribution < -0.4 is 0 Å². The van der Waals surface area contributed by atoms with Gasteiger partial charge in [0.05, 0.1) is 0 Å². The molecule has 0 atom stereocenters. The number of aromatic nitrogens is 2. The molecule has 0 unspecified atom stereocenters. The summed E-state index contributed by atoms with van der Waals surface area (Å²) in [5, 5.41) is 7.73. The summed E-state index contributed by atoms with van der Waals surface area (Å²) in [5.41, 5.74) is 2.07. The van der Waals surface area contributed by atoms with Crippen LogP contribution in [0.25, 0.3) is 5.57 Å². The van der Waals surface area contributed by atoms with Crippen molar-refractivity contribution < 1.29 is 4.42 Å². The number of hydrogen-bond acceptors (Lipinski definition) is 3. The first kappa shape index (κ1) is 12.7. The summed E-state index contributed by atoms with van der Waals surface area (Å²) >= 11 is 5.60. The number of allylic oxidation sites excluding steroid dienone is 6. The van der Waals surface area contributed by atoms with Crippen LogP contribution in [0.3, 0.4) is 0 Å². The molecule has 0 aliphatic rings. The van der Waals surface area contributed by atoms with E-state index >= 15 is 0 Å². The monoisotopic (exact) mass is 238 g/mol. The minimum Gasteiger partial charge on any atom is -0.419 e. The van der Waals surface area contributed by atoms with Gasteiger partial charge in [-0.2, -0.15) is 0 Å². The van der Waals surface area contributed by atoms with Crippen LogP contribution >= 0.6 is 11.6 Å². The van der Waals surface area contributed by atoms with Crippen LogP contribution in [0.5, 0.6) is 0 Å². The van der Waals surface area contributed by atoms with Crippen molar-refractivity contribution in [3.63, 3.8) is 0 Å². The molecule has 0 bridgehead atoms. The van der Waals surface area contributed by atoms with E-state index in [1.165, 1.54) is 5.57 Å². The quantitative estimate of drug-likeness (QED) is 0.593. The smallest absolute Gasteiger partial charge is 0.247 e. The van der Waals surface area contributed by atoms with Crippen LogP contribution in [0.4, 0.5) is 0 Å². The molecule has 0 aromatic carbocycles. The van der Waals surface area contributed by atoms with Crippen molar-refractivity contribution in [1.82, 2.24) is 10.2 Å². The van der Waals surface area contributed by atoms with Gasteiger partial charge >= 0.3 is 0 Å². The van der Waals surface area contributed by atoms with Crippen LogP contribution in [0.15, 0.2) is 34.3 Å². The van der Waals surface area contributed by atoms with E-state index in [1.54, 1.807) is 0 Å². The molecule has 0 spiro atoms. The van der Waals surface area contributed by atoms with E-state index < -0.39 is 0 Å². The fraction of sp³-hybridized carbons (Fsp3) is 0.333. The zero-order valence-electron chi connectivity index (χ0n) is 9.70. The van der Waals surface area contributed by atoms with E-state index in [2.05, 4.69) is 10.2 Å². The Morgan fingerprint density at radius 1 is 1.25 bits per heavy atom. The summed E-state index contributed by atoms with van der Waals surface area (Å²) in [7, 11) is 0. The Bertz CT molecular complexity index is 430. The second-order valence-corrected chi connectivity index (χ2v) is 3.51. The van der Waals surface area contributed by atoms with E-state index in [0.29, 0.717) is 11.8 Å². The molecule has 0 radical (unpaired) electrons. The third kappa shape index (κ3) is 3.35. The van der Waals surface area contributed by atoms with Crippen LogP contribution in [0.2, 0.25) is 0 Å². The number of nitrogens with zero attached hydrogens (tertiary/aromatic N) is 2. The maximum atomic E-state index is 5.60. The molecule has 1 rings (SSSR count). The minimum atomic E-state index is 0.238. The van der Waals surface area contributed by atoms with Crippen LogP contribution in [-0.2, 0) is 5.88 Å². The maximum absolute atomic E-state index is 5.60. The summed E-state index contributed by atoms with van der Waals surface area (Å²) in [6.45, 7) is 5.95. The van der Waals surface area contributed by atoms with Gasteiger partial charge in [-0.05, 0) is 26.8 Å². The molecule has 4 heteroatoms. The highest BCUT2D eigenvalue weighted by Crippen LogP contribution is 2.16. The van der Waals surface area contributed by atoms with E-state index in [1.807, 2.05) is 45.1 Å². The number of halogens is 1. The Morgan fingerprint density at radius 2 is 2.00 bits per heavy atom. The largest absolute Gasteiger partial charge is 0.419 e. The first-order valence-corrected chi connectivity index (χ1v) is 5.60. The number of rotatable bonds is 4. The Balaban J connectivity index is 2.88. The molecule has 86 valence electrons. The van der Waals surface area contributed by atoms with Crippen molar-refractivity contribution >= 4 is 17.2 Å². The third-order valence-electron chi connectivity index (χ3n) is 2.12. The molecule has 0 saturated heterocycles. The lowest BCUT2D eigenvalue weighted by Gasteiger charge is -1.94.